The number of anilines is 2. The third-order valence-corrected chi connectivity index (χ3v) is 3.98. The van der Waals surface area contributed by atoms with Crippen LogP contribution in [0.5, 0.6) is 0 Å². The van der Waals surface area contributed by atoms with Gasteiger partial charge in [-0.15, -0.1) is 0 Å². The van der Waals surface area contributed by atoms with Crippen molar-refractivity contribution >= 4 is 23.0 Å². The molecule has 0 spiro atoms. The fourth-order valence-electron chi connectivity index (χ4n) is 2.70. The number of para-hydroxylation sites is 1. The number of nitrogens with zero attached hydrogens (tertiary/aromatic N) is 1. The van der Waals surface area contributed by atoms with Crippen LogP contribution in [-0.4, -0.2) is 46.1 Å². The zero-order valence-electron chi connectivity index (χ0n) is 12.5. The second kappa shape index (κ2) is 6.66. The van der Waals surface area contributed by atoms with Crippen molar-refractivity contribution < 1.29 is 9.47 Å². The molecule has 1 saturated carbocycles. The second-order valence-electron chi connectivity index (χ2n) is 5.21. The summed E-state index contributed by atoms with van der Waals surface area (Å²) in [5.74, 6) is 0. The van der Waals surface area contributed by atoms with Crippen LogP contribution in [0.25, 0.3) is 0 Å². The van der Waals surface area contributed by atoms with Gasteiger partial charge in [-0.1, -0.05) is 17.7 Å². The molecule has 0 bridgehead atoms. The van der Waals surface area contributed by atoms with Crippen molar-refractivity contribution in [3.8, 4) is 0 Å². The number of methoxy groups -OCH3 is 1. The Labute approximate surface area is 126 Å². The van der Waals surface area contributed by atoms with Crippen LogP contribution in [0.4, 0.5) is 11.4 Å². The molecule has 3 atom stereocenters. The fourth-order valence-corrected chi connectivity index (χ4v) is 3.05. The van der Waals surface area contributed by atoms with Crippen LogP contribution in [0.3, 0.4) is 0 Å². The Kier molecular flexibility index (Phi) is 5.13. The minimum atomic E-state index is 0.0870. The van der Waals surface area contributed by atoms with E-state index in [0.717, 1.165) is 29.4 Å². The summed E-state index contributed by atoms with van der Waals surface area (Å²) in [5.41, 5.74) is 2.04. The zero-order valence-corrected chi connectivity index (χ0v) is 13.3. The molecule has 1 N–H and O–H groups in total. The molecule has 0 heterocycles. The Bertz CT molecular complexity index is 453. The highest BCUT2D eigenvalue weighted by molar-refractivity contribution is 6.34. The minimum absolute atomic E-state index is 0.0870. The Hall–Kier alpha value is -0.970. The van der Waals surface area contributed by atoms with Crippen molar-refractivity contribution in [3.63, 3.8) is 0 Å². The predicted octanol–water partition coefficient (Wildman–Crippen LogP) is 3.01. The highest BCUT2D eigenvalue weighted by Crippen LogP contribution is 2.36. The highest BCUT2D eigenvalue weighted by Gasteiger charge is 2.42. The third-order valence-electron chi connectivity index (χ3n) is 3.68. The summed E-state index contributed by atoms with van der Waals surface area (Å²) >= 11 is 6.28. The molecule has 20 heavy (non-hydrogen) atoms. The van der Waals surface area contributed by atoms with Crippen LogP contribution in [0.1, 0.15) is 13.3 Å². The van der Waals surface area contributed by atoms with E-state index in [2.05, 4.69) is 5.32 Å². The van der Waals surface area contributed by atoms with Gasteiger partial charge in [-0.25, -0.2) is 0 Å². The SMILES string of the molecule is CCOC1CC(Nc2cccc(Cl)c2N(C)C)C1OC. The van der Waals surface area contributed by atoms with Crippen LogP contribution >= 0.6 is 11.6 Å². The van der Waals surface area contributed by atoms with E-state index in [1.165, 1.54) is 0 Å². The lowest BCUT2D eigenvalue weighted by Crippen LogP contribution is -2.56. The quantitative estimate of drug-likeness (QED) is 0.875. The van der Waals surface area contributed by atoms with Gasteiger partial charge >= 0.3 is 0 Å². The van der Waals surface area contributed by atoms with Gasteiger partial charge in [0.05, 0.1) is 28.5 Å². The number of hydrogen-bond acceptors (Lipinski definition) is 4. The number of nitrogens with one attached hydrogen (secondary N) is 1. The van der Waals surface area contributed by atoms with Crippen molar-refractivity contribution in [3.05, 3.63) is 23.2 Å². The third kappa shape index (κ3) is 3.03. The topological polar surface area (TPSA) is 33.7 Å². The van der Waals surface area contributed by atoms with Crippen molar-refractivity contribution in [1.82, 2.24) is 0 Å². The second-order valence-corrected chi connectivity index (χ2v) is 5.62. The Balaban J connectivity index is 2.10. The maximum Gasteiger partial charge on any atom is 0.103 e. The molecule has 0 saturated heterocycles. The van der Waals surface area contributed by atoms with Gasteiger partial charge in [0, 0.05) is 27.8 Å². The summed E-state index contributed by atoms with van der Waals surface area (Å²) in [6, 6.07) is 6.16. The molecule has 1 aromatic carbocycles. The van der Waals surface area contributed by atoms with Gasteiger partial charge in [-0.2, -0.15) is 0 Å². The Morgan fingerprint density at radius 3 is 2.75 bits per heavy atom. The molecule has 2 rings (SSSR count). The lowest BCUT2D eigenvalue weighted by atomic mass is 9.85. The summed E-state index contributed by atoms with van der Waals surface area (Å²) in [6.07, 6.45) is 1.22. The molecule has 0 aliphatic heterocycles. The van der Waals surface area contributed by atoms with Gasteiger partial charge in [-0.3, -0.25) is 0 Å². The molecule has 112 valence electrons. The Morgan fingerprint density at radius 2 is 2.15 bits per heavy atom. The largest absolute Gasteiger partial charge is 0.378 e. The first-order chi connectivity index (χ1) is 9.58. The van der Waals surface area contributed by atoms with E-state index >= 15 is 0 Å². The molecule has 0 aromatic heterocycles. The molecular weight excluding hydrogens is 276 g/mol. The lowest BCUT2D eigenvalue weighted by molar-refractivity contribution is -0.118. The van der Waals surface area contributed by atoms with Crippen LogP contribution in [0.15, 0.2) is 18.2 Å². The van der Waals surface area contributed by atoms with Gasteiger partial charge in [0.1, 0.15) is 6.10 Å². The number of ether oxygens (including phenoxy) is 2. The smallest absolute Gasteiger partial charge is 0.103 e. The maximum absolute atomic E-state index is 6.28. The molecular formula is C15H23ClN2O2. The van der Waals surface area contributed by atoms with Crippen LogP contribution < -0.4 is 10.2 Å². The van der Waals surface area contributed by atoms with Gasteiger partial charge < -0.3 is 19.7 Å². The van der Waals surface area contributed by atoms with Gasteiger partial charge in [0.15, 0.2) is 0 Å². The average molecular weight is 299 g/mol. The van der Waals surface area contributed by atoms with Crippen LogP contribution in [0, 0.1) is 0 Å². The van der Waals surface area contributed by atoms with E-state index in [4.69, 9.17) is 21.1 Å². The highest BCUT2D eigenvalue weighted by atomic mass is 35.5. The van der Waals surface area contributed by atoms with Crippen LogP contribution in [-0.2, 0) is 9.47 Å². The normalized spacial score (nSPS) is 25.1. The number of rotatable bonds is 6. The standard InChI is InChI=1S/C15H23ClN2O2/c1-5-20-13-9-12(15(13)19-4)17-11-8-6-7-10(16)14(11)18(2)3/h6-8,12-13,15,17H,5,9H2,1-4H3. The first-order valence-corrected chi connectivity index (χ1v) is 7.33. The molecule has 1 aromatic rings. The molecule has 0 radical (unpaired) electrons. The summed E-state index contributed by atoms with van der Waals surface area (Å²) in [5, 5.41) is 4.27. The summed E-state index contributed by atoms with van der Waals surface area (Å²) < 4.78 is 11.2. The fraction of sp³-hybridized carbons (Fsp3) is 0.600. The van der Waals surface area contributed by atoms with Gasteiger partial charge in [0.2, 0.25) is 0 Å². The van der Waals surface area contributed by atoms with E-state index in [1.807, 2.05) is 44.1 Å². The maximum atomic E-state index is 6.28. The number of halogens is 1. The van der Waals surface area contributed by atoms with E-state index < -0.39 is 0 Å². The average Bonchev–Trinajstić information content (AvgIpc) is 2.37. The monoisotopic (exact) mass is 298 g/mol. The molecule has 1 aliphatic rings. The number of hydrogen-bond donors (Lipinski definition) is 1. The van der Waals surface area contributed by atoms with Gasteiger partial charge in [0.25, 0.3) is 0 Å². The molecule has 1 fully saturated rings. The van der Waals surface area contributed by atoms with Crippen molar-refractivity contribution in [1.29, 1.82) is 0 Å². The summed E-state index contributed by atoms with van der Waals surface area (Å²) in [7, 11) is 5.71. The van der Waals surface area contributed by atoms with Crippen molar-refractivity contribution in [2.45, 2.75) is 31.6 Å². The van der Waals surface area contributed by atoms with Crippen molar-refractivity contribution in [2.24, 2.45) is 0 Å². The van der Waals surface area contributed by atoms with Crippen molar-refractivity contribution in [2.75, 3.05) is 38.0 Å². The Morgan fingerprint density at radius 1 is 1.40 bits per heavy atom. The van der Waals surface area contributed by atoms with E-state index in [0.29, 0.717) is 0 Å². The molecule has 3 unspecified atom stereocenters. The molecule has 1 aliphatic carbocycles. The van der Waals surface area contributed by atoms with E-state index in [9.17, 15) is 0 Å². The number of benzene rings is 1. The summed E-state index contributed by atoms with van der Waals surface area (Å²) in [4.78, 5) is 2.02. The van der Waals surface area contributed by atoms with Gasteiger partial charge in [-0.05, 0) is 25.5 Å². The first-order valence-electron chi connectivity index (χ1n) is 6.95. The first kappa shape index (κ1) is 15.4. The lowest BCUT2D eigenvalue weighted by Gasteiger charge is -2.44. The molecule has 5 heteroatoms. The predicted molar refractivity (Wildman–Crippen MR) is 84.0 cm³/mol. The van der Waals surface area contributed by atoms with E-state index in [1.54, 1.807) is 7.11 Å². The van der Waals surface area contributed by atoms with E-state index in [-0.39, 0.29) is 18.2 Å². The molecule has 4 nitrogen and oxygen atoms in total. The minimum Gasteiger partial charge on any atom is -0.378 e. The van der Waals surface area contributed by atoms with Crippen LogP contribution in [0.2, 0.25) is 5.02 Å². The zero-order chi connectivity index (χ0) is 14.7. The summed E-state index contributed by atoms with van der Waals surface area (Å²) in [6.45, 7) is 2.73. The molecule has 0 amide bonds.